The average molecular weight is 304 g/mol. The fourth-order valence-electron chi connectivity index (χ4n) is 3.14. The Labute approximate surface area is 133 Å². The molecule has 0 heterocycles. The molecule has 2 atom stereocenters. The summed E-state index contributed by atoms with van der Waals surface area (Å²) in [6, 6.07) is 6.37. The van der Waals surface area contributed by atoms with Crippen molar-refractivity contribution in [2.45, 2.75) is 52.0 Å². The minimum Gasteiger partial charge on any atom is -0.483 e. The molecule has 0 radical (unpaired) electrons. The van der Waals surface area contributed by atoms with Crippen LogP contribution < -0.4 is 15.8 Å². The van der Waals surface area contributed by atoms with Gasteiger partial charge in [0.05, 0.1) is 0 Å². The number of benzene rings is 1. The summed E-state index contributed by atoms with van der Waals surface area (Å²) >= 11 is 0. The van der Waals surface area contributed by atoms with Crippen LogP contribution in [0, 0.1) is 12.8 Å². The second kappa shape index (κ2) is 7.63. The number of carbonyl (C=O) groups excluding carboxylic acids is 1. The van der Waals surface area contributed by atoms with Gasteiger partial charge in [-0.2, -0.15) is 0 Å². The van der Waals surface area contributed by atoms with Crippen LogP contribution in [-0.4, -0.2) is 25.1 Å². The second-order valence-electron chi connectivity index (χ2n) is 6.59. The summed E-state index contributed by atoms with van der Waals surface area (Å²) in [5.74, 6) is 1.54. The maximum Gasteiger partial charge on any atom is 0.258 e. The first-order chi connectivity index (χ1) is 10.5. The summed E-state index contributed by atoms with van der Waals surface area (Å²) in [7, 11) is 0. The van der Waals surface area contributed by atoms with Crippen LogP contribution in [0.1, 0.15) is 50.2 Å². The molecule has 2 unspecified atom stereocenters. The quantitative estimate of drug-likeness (QED) is 0.849. The third-order valence-corrected chi connectivity index (χ3v) is 4.46. The monoisotopic (exact) mass is 304 g/mol. The van der Waals surface area contributed by atoms with Crippen LogP contribution in [0.2, 0.25) is 0 Å². The highest BCUT2D eigenvalue weighted by molar-refractivity contribution is 5.78. The van der Waals surface area contributed by atoms with E-state index in [1.165, 1.54) is 0 Å². The van der Waals surface area contributed by atoms with Gasteiger partial charge >= 0.3 is 0 Å². The molecule has 1 fully saturated rings. The average Bonchev–Trinajstić information content (AvgIpc) is 2.92. The fraction of sp³-hybridized carbons (Fsp3) is 0.611. The lowest BCUT2D eigenvalue weighted by Crippen LogP contribution is -2.42. The van der Waals surface area contributed by atoms with Gasteiger partial charge in [-0.05, 0) is 55.3 Å². The van der Waals surface area contributed by atoms with Crippen LogP contribution in [0.3, 0.4) is 0 Å². The molecular formula is C18H28N2O2. The Morgan fingerprint density at radius 2 is 2.18 bits per heavy atom. The van der Waals surface area contributed by atoms with Crippen molar-refractivity contribution in [3.8, 4) is 5.75 Å². The number of aryl methyl sites for hydroxylation is 1. The molecule has 4 heteroatoms. The van der Waals surface area contributed by atoms with Crippen LogP contribution in [0.5, 0.6) is 5.75 Å². The fourth-order valence-corrected chi connectivity index (χ4v) is 3.14. The van der Waals surface area contributed by atoms with Gasteiger partial charge < -0.3 is 15.8 Å². The number of nitrogens with one attached hydrogen (secondary N) is 1. The number of carbonyl (C=O) groups is 1. The van der Waals surface area contributed by atoms with E-state index in [-0.39, 0.29) is 18.6 Å². The summed E-state index contributed by atoms with van der Waals surface area (Å²) in [5.41, 5.74) is 8.03. The Hall–Kier alpha value is -1.55. The van der Waals surface area contributed by atoms with E-state index < -0.39 is 0 Å². The third kappa shape index (κ3) is 4.23. The Balaban J connectivity index is 1.92. The number of rotatable bonds is 6. The van der Waals surface area contributed by atoms with Crippen LogP contribution in [-0.2, 0) is 4.79 Å². The highest BCUT2D eigenvalue weighted by Gasteiger charge is 2.27. The predicted molar refractivity (Wildman–Crippen MR) is 89.1 cm³/mol. The van der Waals surface area contributed by atoms with Crippen LogP contribution in [0.4, 0.5) is 0 Å². The van der Waals surface area contributed by atoms with E-state index in [1.54, 1.807) is 0 Å². The van der Waals surface area contributed by atoms with Gasteiger partial charge in [0.2, 0.25) is 0 Å². The molecule has 0 spiro atoms. The molecule has 1 saturated carbocycles. The highest BCUT2D eigenvalue weighted by atomic mass is 16.5. The van der Waals surface area contributed by atoms with Crippen LogP contribution in [0.15, 0.2) is 18.2 Å². The van der Waals surface area contributed by atoms with Gasteiger partial charge in [0.1, 0.15) is 5.75 Å². The van der Waals surface area contributed by atoms with Gasteiger partial charge in [-0.3, -0.25) is 4.79 Å². The lowest BCUT2D eigenvalue weighted by Gasteiger charge is -2.20. The number of amides is 1. The Morgan fingerprint density at radius 1 is 1.41 bits per heavy atom. The van der Waals surface area contributed by atoms with E-state index in [9.17, 15) is 4.79 Å². The lowest BCUT2D eigenvalue weighted by molar-refractivity contribution is -0.124. The van der Waals surface area contributed by atoms with E-state index in [4.69, 9.17) is 10.5 Å². The molecule has 2 rings (SSSR count). The van der Waals surface area contributed by atoms with Crippen molar-refractivity contribution in [2.24, 2.45) is 11.7 Å². The summed E-state index contributed by atoms with van der Waals surface area (Å²) in [6.45, 7) is 6.99. The number of hydrogen-bond donors (Lipinski definition) is 2. The van der Waals surface area contributed by atoms with E-state index in [2.05, 4.69) is 31.3 Å². The van der Waals surface area contributed by atoms with Gasteiger partial charge in [-0.15, -0.1) is 0 Å². The number of hydrogen-bond acceptors (Lipinski definition) is 3. The summed E-state index contributed by atoms with van der Waals surface area (Å²) in [5, 5.41) is 3.07. The molecule has 1 aliphatic rings. The lowest BCUT2D eigenvalue weighted by atomic mass is 10.0. The molecule has 1 amide bonds. The summed E-state index contributed by atoms with van der Waals surface area (Å²) < 4.78 is 5.78. The van der Waals surface area contributed by atoms with Crippen molar-refractivity contribution in [2.75, 3.05) is 13.2 Å². The number of nitrogens with two attached hydrogens (primary N) is 1. The first kappa shape index (κ1) is 16.8. The zero-order valence-corrected chi connectivity index (χ0v) is 13.9. The van der Waals surface area contributed by atoms with Crippen molar-refractivity contribution < 1.29 is 9.53 Å². The molecule has 0 saturated heterocycles. The standard InChI is InChI=1S/C18H28N2O2/c1-12(2)15-8-7-13(3)9-17(15)22-11-18(21)20-16-6-4-5-14(16)10-19/h7-9,12,14,16H,4-6,10-11,19H2,1-3H3,(H,20,21). The van der Waals surface area contributed by atoms with Gasteiger partial charge in [0.25, 0.3) is 5.91 Å². The van der Waals surface area contributed by atoms with E-state index >= 15 is 0 Å². The molecule has 4 nitrogen and oxygen atoms in total. The Morgan fingerprint density at radius 3 is 2.86 bits per heavy atom. The van der Waals surface area contributed by atoms with E-state index in [0.717, 1.165) is 36.1 Å². The predicted octanol–water partition coefficient (Wildman–Crippen LogP) is 2.74. The normalized spacial score (nSPS) is 21.1. The van der Waals surface area contributed by atoms with Gasteiger partial charge in [-0.25, -0.2) is 0 Å². The first-order valence-corrected chi connectivity index (χ1v) is 8.24. The molecule has 3 N–H and O–H groups in total. The van der Waals surface area contributed by atoms with Crippen LogP contribution >= 0.6 is 0 Å². The minimum absolute atomic E-state index is 0.0541. The number of ether oxygens (including phenoxy) is 1. The smallest absolute Gasteiger partial charge is 0.258 e. The second-order valence-corrected chi connectivity index (χ2v) is 6.59. The molecule has 1 aromatic carbocycles. The third-order valence-electron chi connectivity index (χ3n) is 4.46. The van der Waals surface area contributed by atoms with Crippen molar-refractivity contribution in [3.05, 3.63) is 29.3 Å². The Kier molecular flexibility index (Phi) is 5.83. The van der Waals surface area contributed by atoms with Crippen molar-refractivity contribution in [1.82, 2.24) is 5.32 Å². The minimum atomic E-state index is -0.0541. The van der Waals surface area contributed by atoms with Gasteiger partial charge in [0.15, 0.2) is 6.61 Å². The molecule has 1 aliphatic carbocycles. The maximum absolute atomic E-state index is 12.1. The van der Waals surface area contributed by atoms with E-state index in [0.29, 0.717) is 18.4 Å². The van der Waals surface area contributed by atoms with Crippen LogP contribution in [0.25, 0.3) is 0 Å². The zero-order chi connectivity index (χ0) is 16.1. The van der Waals surface area contributed by atoms with Gasteiger partial charge in [0, 0.05) is 6.04 Å². The molecule has 1 aromatic rings. The molecular weight excluding hydrogens is 276 g/mol. The first-order valence-electron chi connectivity index (χ1n) is 8.24. The highest BCUT2D eigenvalue weighted by Crippen LogP contribution is 2.28. The summed E-state index contributed by atoms with van der Waals surface area (Å²) in [4.78, 5) is 12.1. The largest absolute Gasteiger partial charge is 0.483 e. The zero-order valence-electron chi connectivity index (χ0n) is 13.9. The Bertz CT molecular complexity index is 514. The molecule has 0 aromatic heterocycles. The molecule has 122 valence electrons. The summed E-state index contributed by atoms with van der Waals surface area (Å²) in [6.07, 6.45) is 3.27. The molecule has 0 bridgehead atoms. The van der Waals surface area contributed by atoms with Crippen molar-refractivity contribution >= 4 is 5.91 Å². The topological polar surface area (TPSA) is 64.3 Å². The molecule has 22 heavy (non-hydrogen) atoms. The van der Waals surface area contributed by atoms with Crippen molar-refractivity contribution in [3.63, 3.8) is 0 Å². The SMILES string of the molecule is Cc1ccc(C(C)C)c(OCC(=O)NC2CCCC2CN)c1. The van der Waals surface area contributed by atoms with Gasteiger partial charge in [-0.1, -0.05) is 32.4 Å². The van der Waals surface area contributed by atoms with Crippen molar-refractivity contribution in [1.29, 1.82) is 0 Å². The maximum atomic E-state index is 12.1. The van der Waals surface area contributed by atoms with E-state index in [1.807, 2.05) is 13.0 Å². The molecule has 0 aliphatic heterocycles.